The summed E-state index contributed by atoms with van der Waals surface area (Å²) in [6, 6.07) is 1.04. The summed E-state index contributed by atoms with van der Waals surface area (Å²) in [5, 5.41) is 2.71. The Labute approximate surface area is 85.2 Å². The minimum Gasteiger partial charge on any atom is -0.341 e. The standard InChI is InChI=1S/C10H19N3O/c1-8-6-12-5-3-4-9(12)7-13(8)10(14)11-2/h8-9H,3-7H2,1-2H3,(H,11,14). The first-order valence-corrected chi connectivity index (χ1v) is 5.44. The molecule has 14 heavy (non-hydrogen) atoms. The molecule has 0 radical (unpaired) electrons. The Hall–Kier alpha value is -0.770. The largest absolute Gasteiger partial charge is 0.341 e. The molecule has 0 aromatic heterocycles. The van der Waals surface area contributed by atoms with Crippen molar-refractivity contribution < 1.29 is 4.79 Å². The van der Waals surface area contributed by atoms with Crippen molar-refractivity contribution in [1.29, 1.82) is 0 Å². The second-order valence-corrected chi connectivity index (χ2v) is 4.35. The molecule has 2 unspecified atom stereocenters. The summed E-state index contributed by atoms with van der Waals surface area (Å²) in [5.74, 6) is 0. The molecule has 2 aliphatic rings. The van der Waals surface area contributed by atoms with Gasteiger partial charge in [0.25, 0.3) is 0 Å². The summed E-state index contributed by atoms with van der Waals surface area (Å²) in [6.07, 6.45) is 2.54. The van der Waals surface area contributed by atoms with Gasteiger partial charge < -0.3 is 10.2 Å². The molecule has 2 aliphatic heterocycles. The molecule has 4 nitrogen and oxygen atoms in total. The minimum atomic E-state index is 0.0732. The van der Waals surface area contributed by atoms with Gasteiger partial charge in [-0.05, 0) is 26.3 Å². The lowest BCUT2D eigenvalue weighted by Gasteiger charge is -2.41. The van der Waals surface area contributed by atoms with E-state index in [0.29, 0.717) is 12.1 Å². The zero-order valence-corrected chi connectivity index (χ0v) is 8.99. The van der Waals surface area contributed by atoms with E-state index in [1.165, 1.54) is 19.4 Å². The topological polar surface area (TPSA) is 35.6 Å². The molecule has 2 amide bonds. The molecule has 0 aromatic carbocycles. The van der Waals surface area contributed by atoms with Gasteiger partial charge in [0.1, 0.15) is 0 Å². The molecular formula is C10H19N3O. The van der Waals surface area contributed by atoms with Crippen LogP contribution in [0.15, 0.2) is 0 Å². The van der Waals surface area contributed by atoms with Crippen LogP contribution in [0.25, 0.3) is 0 Å². The van der Waals surface area contributed by atoms with Gasteiger partial charge >= 0.3 is 6.03 Å². The molecule has 0 aromatic rings. The number of nitrogens with one attached hydrogen (secondary N) is 1. The van der Waals surface area contributed by atoms with E-state index in [2.05, 4.69) is 17.1 Å². The molecule has 0 spiro atoms. The summed E-state index contributed by atoms with van der Waals surface area (Å²) >= 11 is 0. The molecule has 4 heteroatoms. The van der Waals surface area contributed by atoms with E-state index in [1.807, 2.05) is 4.90 Å². The average Bonchev–Trinajstić information content (AvgIpc) is 2.62. The molecular weight excluding hydrogens is 178 g/mol. The molecule has 2 heterocycles. The maximum Gasteiger partial charge on any atom is 0.317 e. The fourth-order valence-corrected chi connectivity index (χ4v) is 2.61. The number of hydrogen-bond donors (Lipinski definition) is 1. The predicted molar refractivity (Wildman–Crippen MR) is 55.2 cm³/mol. The smallest absolute Gasteiger partial charge is 0.317 e. The van der Waals surface area contributed by atoms with Gasteiger partial charge in [-0.1, -0.05) is 0 Å². The molecule has 1 N–H and O–H groups in total. The highest BCUT2D eigenvalue weighted by atomic mass is 16.2. The van der Waals surface area contributed by atoms with Crippen LogP contribution in [0.1, 0.15) is 19.8 Å². The van der Waals surface area contributed by atoms with Crippen molar-refractivity contribution in [2.75, 3.05) is 26.7 Å². The first kappa shape index (κ1) is 9.77. The number of rotatable bonds is 0. The van der Waals surface area contributed by atoms with Crippen molar-refractivity contribution >= 4 is 6.03 Å². The number of amides is 2. The highest BCUT2D eigenvalue weighted by Crippen LogP contribution is 2.24. The number of carbonyl (C=O) groups excluding carboxylic acids is 1. The van der Waals surface area contributed by atoms with E-state index in [0.717, 1.165) is 13.1 Å². The highest BCUT2D eigenvalue weighted by molar-refractivity contribution is 5.74. The molecule has 80 valence electrons. The van der Waals surface area contributed by atoms with Crippen LogP contribution in [-0.4, -0.2) is 54.6 Å². The van der Waals surface area contributed by atoms with Crippen LogP contribution in [0.2, 0.25) is 0 Å². The van der Waals surface area contributed by atoms with Crippen molar-refractivity contribution in [2.45, 2.75) is 31.8 Å². The van der Waals surface area contributed by atoms with Crippen molar-refractivity contribution in [3.8, 4) is 0 Å². The second kappa shape index (κ2) is 3.77. The molecule has 2 atom stereocenters. The van der Waals surface area contributed by atoms with Crippen LogP contribution in [0.5, 0.6) is 0 Å². The number of piperazine rings is 1. The Morgan fingerprint density at radius 2 is 2.21 bits per heavy atom. The fraction of sp³-hybridized carbons (Fsp3) is 0.900. The van der Waals surface area contributed by atoms with Crippen LogP contribution in [0, 0.1) is 0 Å². The Morgan fingerprint density at radius 3 is 2.93 bits per heavy atom. The van der Waals surface area contributed by atoms with E-state index >= 15 is 0 Å². The Kier molecular flexibility index (Phi) is 2.63. The summed E-state index contributed by atoms with van der Waals surface area (Å²) in [6.45, 7) is 5.29. The first-order valence-electron chi connectivity index (χ1n) is 5.44. The van der Waals surface area contributed by atoms with Gasteiger partial charge in [0, 0.05) is 32.2 Å². The summed E-state index contributed by atoms with van der Waals surface area (Å²) in [5.41, 5.74) is 0. The van der Waals surface area contributed by atoms with Gasteiger partial charge in [0.2, 0.25) is 0 Å². The lowest BCUT2D eigenvalue weighted by Crippen LogP contribution is -2.58. The second-order valence-electron chi connectivity index (χ2n) is 4.35. The summed E-state index contributed by atoms with van der Waals surface area (Å²) in [7, 11) is 1.70. The van der Waals surface area contributed by atoms with Gasteiger partial charge in [-0.2, -0.15) is 0 Å². The van der Waals surface area contributed by atoms with E-state index in [1.54, 1.807) is 7.05 Å². The van der Waals surface area contributed by atoms with Gasteiger partial charge in [-0.25, -0.2) is 4.79 Å². The maximum absolute atomic E-state index is 11.6. The Balaban J connectivity index is 2.02. The lowest BCUT2D eigenvalue weighted by molar-refractivity contribution is 0.0812. The molecule has 0 bridgehead atoms. The third-order valence-corrected chi connectivity index (χ3v) is 3.41. The van der Waals surface area contributed by atoms with Crippen molar-refractivity contribution in [3.63, 3.8) is 0 Å². The van der Waals surface area contributed by atoms with Crippen LogP contribution in [-0.2, 0) is 0 Å². The Bertz CT molecular complexity index is 231. The van der Waals surface area contributed by atoms with E-state index in [4.69, 9.17) is 0 Å². The van der Waals surface area contributed by atoms with Gasteiger partial charge in [0.15, 0.2) is 0 Å². The number of carbonyl (C=O) groups is 1. The average molecular weight is 197 g/mol. The van der Waals surface area contributed by atoms with E-state index in [-0.39, 0.29) is 6.03 Å². The van der Waals surface area contributed by atoms with E-state index in [9.17, 15) is 4.79 Å². The minimum absolute atomic E-state index is 0.0732. The van der Waals surface area contributed by atoms with Crippen LogP contribution >= 0.6 is 0 Å². The number of urea groups is 1. The molecule has 0 aliphatic carbocycles. The number of hydrogen-bond acceptors (Lipinski definition) is 2. The molecule has 2 saturated heterocycles. The quantitative estimate of drug-likeness (QED) is 0.613. The highest BCUT2D eigenvalue weighted by Gasteiger charge is 2.35. The zero-order chi connectivity index (χ0) is 10.1. The van der Waals surface area contributed by atoms with Gasteiger partial charge in [0.05, 0.1) is 0 Å². The van der Waals surface area contributed by atoms with Crippen LogP contribution in [0.4, 0.5) is 4.79 Å². The molecule has 2 rings (SSSR count). The molecule has 0 saturated carbocycles. The molecule has 2 fully saturated rings. The zero-order valence-electron chi connectivity index (χ0n) is 8.99. The Morgan fingerprint density at radius 1 is 1.43 bits per heavy atom. The first-order chi connectivity index (χ1) is 6.72. The summed E-state index contributed by atoms with van der Waals surface area (Å²) < 4.78 is 0. The lowest BCUT2D eigenvalue weighted by atomic mass is 10.1. The monoisotopic (exact) mass is 197 g/mol. The van der Waals surface area contributed by atoms with Crippen LogP contribution < -0.4 is 5.32 Å². The third-order valence-electron chi connectivity index (χ3n) is 3.41. The number of fused-ring (bicyclic) bond motifs is 1. The normalized spacial score (nSPS) is 32.9. The van der Waals surface area contributed by atoms with Gasteiger partial charge in [-0.15, -0.1) is 0 Å². The fourth-order valence-electron chi connectivity index (χ4n) is 2.61. The third kappa shape index (κ3) is 1.59. The predicted octanol–water partition coefficient (Wildman–Crippen LogP) is 0.494. The van der Waals surface area contributed by atoms with Crippen molar-refractivity contribution in [2.24, 2.45) is 0 Å². The maximum atomic E-state index is 11.6. The van der Waals surface area contributed by atoms with Crippen molar-refractivity contribution in [1.82, 2.24) is 15.1 Å². The van der Waals surface area contributed by atoms with Gasteiger partial charge in [-0.3, -0.25) is 4.90 Å². The van der Waals surface area contributed by atoms with E-state index < -0.39 is 0 Å². The summed E-state index contributed by atoms with van der Waals surface area (Å²) in [4.78, 5) is 16.0. The van der Waals surface area contributed by atoms with Crippen LogP contribution in [0.3, 0.4) is 0 Å². The van der Waals surface area contributed by atoms with Crippen molar-refractivity contribution in [3.05, 3.63) is 0 Å². The number of nitrogens with zero attached hydrogens (tertiary/aromatic N) is 2. The SMILES string of the molecule is CNC(=O)N1CC2CCCN2CC1C.